The van der Waals surface area contributed by atoms with Crippen LogP contribution in [0.2, 0.25) is 0 Å². The molecule has 0 heterocycles. The molecule has 0 aliphatic rings. The molecule has 0 unspecified atom stereocenters. The Morgan fingerprint density at radius 1 is 0.786 bits per heavy atom. The van der Waals surface area contributed by atoms with E-state index in [1.165, 1.54) is 0 Å². The van der Waals surface area contributed by atoms with Crippen LogP contribution in [0, 0.1) is 0 Å². The van der Waals surface area contributed by atoms with E-state index < -0.39 is 17.9 Å². The predicted octanol–water partition coefficient (Wildman–Crippen LogP) is 0.807. The summed E-state index contributed by atoms with van der Waals surface area (Å²) in [6.07, 6.45) is 0.431. The fourth-order valence-corrected chi connectivity index (χ4v) is 0.428. The summed E-state index contributed by atoms with van der Waals surface area (Å²) in [6, 6.07) is 0. The van der Waals surface area contributed by atoms with Gasteiger partial charge in [-0.15, -0.1) is 0 Å². The van der Waals surface area contributed by atoms with E-state index in [1.54, 1.807) is 0 Å². The molecule has 0 radical (unpaired) electrons. The van der Waals surface area contributed by atoms with Gasteiger partial charge in [0.15, 0.2) is 0 Å². The normalized spacial score (nSPS) is 8.36. The van der Waals surface area contributed by atoms with Gasteiger partial charge in [-0.3, -0.25) is 14.4 Å². The van der Waals surface area contributed by atoms with Gasteiger partial charge in [-0.05, 0) is 6.42 Å². The first-order valence-corrected chi connectivity index (χ1v) is 4.05. The molecule has 0 aromatic heterocycles. The number of carbonyl (C=O) groups is 3. The Morgan fingerprint density at radius 2 is 1.07 bits per heavy atom. The van der Waals surface area contributed by atoms with Gasteiger partial charge in [0.1, 0.15) is 0 Å². The molecule has 0 saturated carbocycles. The van der Waals surface area contributed by atoms with E-state index in [1.807, 2.05) is 6.92 Å². The zero-order chi connectivity index (χ0) is 11.6. The SMILES string of the molecule is CCCC(=O)O.O=C(O)CCC(=O)O. The van der Waals surface area contributed by atoms with Gasteiger partial charge < -0.3 is 15.3 Å². The van der Waals surface area contributed by atoms with Crippen LogP contribution in [0.1, 0.15) is 32.6 Å². The van der Waals surface area contributed by atoms with Crippen molar-refractivity contribution in [1.29, 1.82) is 0 Å². The molecule has 0 aromatic carbocycles. The Labute approximate surface area is 81.2 Å². The Kier molecular flexibility index (Phi) is 10.1. The molecular formula is C8H14O6. The van der Waals surface area contributed by atoms with Crippen molar-refractivity contribution in [3.05, 3.63) is 0 Å². The van der Waals surface area contributed by atoms with Crippen LogP contribution < -0.4 is 0 Å². The lowest BCUT2D eigenvalue weighted by Crippen LogP contribution is -2.00. The first-order valence-electron chi connectivity index (χ1n) is 4.05. The highest BCUT2D eigenvalue weighted by Gasteiger charge is 2.00. The third-order valence-corrected chi connectivity index (χ3v) is 1.02. The molecule has 0 bridgehead atoms. The van der Waals surface area contributed by atoms with Gasteiger partial charge in [0.2, 0.25) is 0 Å². The van der Waals surface area contributed by atoms with Gasteiger partial charge in [0, 0.05) is 6.42 Å². The number of rotatable bonds is 5. The van der Waals surface area contributed by atoms with E-state index in [9.17, 15) is 14.4 Å². The lowest BCUT2D eigenvalue weighted by Gasteiger charge is -1.85. The molecule has 0 aromatic rings. The summed E-state index contributed by atoms with van der Waals surface area (Å²) in [7, 11) is 0. The van der Waals surface area contributed by atoms with E-state index in [0.29, 0.717) is 6.42 Å². The molecule has 0 fully saturated rings. The Bertz CT molecular complexity index is 184. The van der Waals surface area contributed by atoms with Crippen molar-refractivity contribution in [2.75, 3.05) is 0 Å². The van der Waals surface area contributed by atoms with Gasteiger partial charge in [0.05, 0.1) is 12.8 Å². The van der Waals surface area contributed by atoms with E-state index in [0.717, 1.165) is 6.42 Å². The van der Waals surface area contributed by atoms with E-state index in [2.05, 4.69) is 0 Å². The van der Waals surface area contributed by atoms with Crippen LogP contribution in [-0.4, -0.2) is 33.2 Å². The minimum absolute atomic E-state index is 0.292. The van der Waals surface area contributed by atoms with Crippen molar-refractivity contribution < 1.29 is 29.7 Å². The average molecular weight is 206 g/mol. The quantitative estimate of drug-likeness (QED) is 0.613. The largest absolute Gasteiger partial charge is 0.481 e. The first-order chi connectivity index (χ1) is 6.40. The van der Waals surface area contributed by atoms with Gasteiger partial charge in [-0.1, -0.05) is 6.92 Å². The molecule has 0 aliphatic heterocycles. The highest BCUT2D eigenvalue weighted by molar-refractivity contribution is 5.75. The lowest BCUT2D eigenvalue weighted by atomic mass is 10.3. The van der Waals surface area contributed by atoms with E-state index >= 15 is 0 Å². The third kappa shape index (κ3) is 22.4. The number of carboxylic acids is 3. The maximum atomic E-state index is 9.64. The second-order valence-electron chi connectivity index (χ2n) is 2.43. The van der Waals surface area contributed by atoms with Crippen LogP contribution in [0.25, 0.3) is 0 Å². The van der Waals surface area contributed by atoms with Crippen molar-refractivity contribution >= 4 is 17.9 Å². The number of hydrogen-bond donors (Lipinski definition) is 3. The summed E-state index contributed by atoms with van der Waals surface area (Å²) in [4.78, 5) is 28.9. The summed E-state index contributed by atoms with van der Waals surface area (Å²) < 4.78 is 0. The maximum absolute atomic E-state index is 9.64. The molecule has 6 nitrogen and oxygen atoms in total. The Hall–Kier alpha value is -1.59. The van der Waals surface area contributed by atoms with Crippen LogP contribution in [0.4, 0.5) is 0 Å². The third-order valence-electron chi connectivity index (χ3n) is 1.02. The van der Waals surface area contributed by atoms with Gasteiger partial charge in [0.25, 0.3) is 0 Å². The fourth-order valence-electron chi connectivity index (χ4n) is 0.428. The number of hydrogen-bond acceptors (Lipinski definition) is 3. The molecule has 0 aliphatic carbocycles. The second kappa shape index (κ2) is 9.50. The monoisotopic (exact) mass is 206 g/mol. The molecule has 0 spiro atoms. The molecule has 0 saturated heterocycles. The molecule has 82 valence electrons. The first kappa shape index (κ1) is 14.9. The molecule has 6 heteroatoms. The minimum Gasteiger partial charge on any atom is -0.481 e. The highest BCUT2D eigenvalue weighted by Crippen LogP contribution is 1.86. The molecular weight excluding hydrogens is 192 g/mol. The van der Waals surface area contributed by atoms with Crippen LogP contribution in [0.3, 0.4) is 0 Å². The van der Waals surface area contributed by atoms with Crippen LogP contribution in [-0.2, 0) is 14.4 Å². The summed E-state index contributed by atoms with van der Waals surface area (Å²) in [5.74, 6) is -2.86. The van der Waals surface area contributed by atoms with Crippen molar-refractivity contribution in [3.8, 4) is 0 Å². The van der Waals surface area contributed by atoms with Gasteiger partial charge in [-0.2, -0.15) is 0 Å². The minimum atomic E-state index is -1.08. The summed E-state index contributed by atoms with van der Waals surface area (Å²) in [5, 5.41) is 23.7. The number of aliphatic carboxylic acids is 3. The highest BCUT2D eigenvalue weighted by atomic mass is 16.4. The van der Waals surface area contributed by atoms with Crippen molar-refractivity contribution in [2.45, 2.75) is 32.6 Å². The van der Waals surface area contributed by atoms with Crippen molar-refractivity contribution in [3.63, 3.8) is 0 Å². The summed E-state index contributed by atoms with van der Waals surface area (Å²) in [5.41, 5.74) is 0. The van der Waals surface area contributed by atoms with Crippen LogP contribution >= 0.6 is 0 Å². The second-order valence-corrected chi connectivity index (χ2v) is 2.43. The molecule has 3 N–H and O–H groups in total. The maximum Gasteiger partial charge on any atom is 0.303 e. The van der Waals surface area contributed by atoms with Gasteiger partial charge >= 0.3 is 17.9 Å². The van der Waals surface area contributed by atoms with Crippen molar-refractivity contribution in [2.24, 2.45) is 0 Å². The lowest BCUT2D eigenvalue weighted by molar-refractivity contribution is -0.143. The van der Waals surface area contributed by atoms with Gasteiger partial charge in [-0.25, -0.2) is 0 Å². The average Bonchev–Trinajstić information content (AvgIpc) is 2.01. The summed E-state index contributed by atoms with van der Waals surface area (Å²) in [6.45, 7) is 1.84. The Morgan fingerprint density at radius 3 is 1.14 bits per heavy atom. The topological polar surface area (TPSA) is 112 Å². The fraction of sp³-hybridized carbons (Fsp3) is 0.625. The standard InChI is InChI=1S/C4H6O4.C4H8O2/c5-3(6)1-2-4(7)8;1-2-3-4(5)6/h1-2H2,(H,5,6)(H,7,8);2-3H2,1H3,(H,5,6). The zero-order valence-electron chi connectivity index (χ0n) is 7.89. The molecule has 0 rings (SSSR count). The number of carboxylic acid groups (broad SMARTS) is 3. The smallest absolute Gasteiger partial charge is 0.303 e. The van der Waals surface area contributed by atoms with E-state index in [-0.39, 0.29) is 12.8 Å². The van der Waals surface area contributed by atoms with Crippen molar-refractivity contribution in [1.82, 2.24) is 0 Å². The molecule has 14 heavy (non-hydrogen) atoms. The molecule has 0 atom stereocenters. The zero-order valence-corrected chi connectivity index (χ0v) is 7.89. The molecule has 0 amide bonds. The van der Waals surface area contributed by atoms with Crippen LogP contribution in [0.5, 0.6) is 0 Å². The predicted molar refractivity (Wildman–Crippen MR) is 47.0 cm³/mol. The van der Waals surface area contributed by atoms with E-state index in [4.69, 9.17) is 15.3 Å². The summed E-state index contributed by atoms with van der Waals surface area (Å²) >= 11 is 0. The Balaban J connectivity index is 0. The van der Waals surface area contributed by atoms with Crippen LogP contribution in [0.15, 0.2) is 0 Å².